The van der Waals surface area contributed by atoms with Crippen molar-refractivity contribution in [1.29, 1.82) is 0 Å². The standard InChI is InChI=1S/C11H12BrN3/c1-15-11(9(6-13)7-14-15)8-3-2-4-10(12)5-8/h2-5,7H,6,13H2,1H3. The van der Waals surface area contributed by atoms with E-state index in [-0.39, 0.29) is 0 Å². The van der Waals surface area contributed by atoms with Crippen molar-refractivity contribution in [2.24, 2.45) is 12.8 Å². The summed E-state index contributed by atoms with van der Waals surface area (Å²) in [6, 6.07) is 8.13. The van der Waals surface area contributed by atoms with Crippen molar-refractivity contribution in [3.8, 4) is 11.3 Å². The van der Waals surface area contributed by atoms with Gasteiger partial charge >= 0.3 is 0 Å². The number of rotatable bonds is 2. The molecule has 0 saturated carbocycles. The third-order valence-corrected chi connectivity index (χ3v) is 2.83. The predicted molar refractivity (Wildman–Crippen MR) is 64.2 cm³/mol. The molecule has 4 heteroatoms. The summed E-state index contributed by atoms with van der Waals surface area (Å²) in [5, 5.41) is 4.21. The van der Waals surface area contributed by atoms with Crippen LogP contribution < -0.4 is 5.73 Å². The first-order chi connectivity index (χ1) is 7.22. The van der Waals surface area contributed by atoms with Crippen LogP contribution in [0.2, 0.25) is 0 Å². The van der Waals surface area contributed by atoms with Gasteiger partial charge in [-0.05, 0) is 12.1 Å². The topological polar surface area (TPSA) is 43.8 Å². The molecule has 78 valence electrons. The number of hydrogen-bond acceptors (Lipinski definition) is 2. The Morgan fingerprint density at radius 1 is 1.47 bits per heavy atom. The van der Waals surface area contributed by atoms with Crippen LogP contribution in [0, 0.1) is 0 Å². The Bertz CT molecular complexity index is 476. The highest BCUT2D eigenvalue weighted by Gasteiger charge is 2.09. The Labute approximate surface area is 97.0 Å². The normalized spacial score (nSPS) is 10.6. The minimum absolute atomic E-state index is 0.510. The van der Waals surface area contributed by atoms with E-state index in [0.717, 1.165) is 21.3 Å². The molecule has 0 aliphatic rings. The molecule has 0 amide bonds. The molecule has 0 unspecified atom stereocenters. The van der Waals surface area contributed by atoms with Crippen LogP contribution in [-0.2, 0) is 13.6 Å². The molecule has 0 aliphatic carbocycles. The van der Waals surface area contributed by atoms with Crippen LogP contribution >= 0.6 is 15.9 Å². The highest BCUT2D eigenvalue weighted by molar-refractivity contribution is 9.10. The van der Waals surface area contributed by atoms with Gasteiger partial charge in [0.2, 0.25) is 0 Å². The van der Waals surface area contributed by atoms with Crippen LogP contribution in [0.15, 0.2) is 34.9 Å². The second-order valence-corrected chi connectivity index (χ2v) is 4.27. The summed E-state index contributed by atoms with van der Waals surface area (Å²) in [6.07, 6.45) is 1.82. The maximum absolute atomic E-state index is 5.67. The maximum atomic E-state index is 5.67. The number of aromatic nitrogens is 2. The quantitative estimate of drug-likeness (QED) is 0.906. The van der Waals surface area contributed by atoms with Gasteiger partial charge in [-0.2, -0.15) is 5.10 Å². The van der Waals surface area contributed by atoms with Crippen LogP contribution in [0.3, 0.4) is 0 Å². The lowest BCUT2D eigenvalue weighted by Crippen LogP contribution is -2.00. The second kappa shape index (κ2) is 4.16. The average molecular weight is 266 g/mol. The number of hydrogen-bond donors (Lipinski definition) is 1. The van der Waals surface area contributed by atoms with Crippen molar-refractivity contribution in [3.63, 3.8) is 0 Å². The van der Waals surface area contributed by atoms with E-state index in [4.69, 9.17) is 5.73 Å². The van der Waals surface area contributed by atoms with Crippen molar-refractivity contribution >= 4 is 15.9 Å². The van der Waals surface area contributed by atoms with Gasteiger partial charge in [-0.3, -0.25) is 4.68 Å². The summed E-state index contributed by atoms with van der Waals surface area (Å²) in [5.41, 5.74) is 8.95. The number of nitrogens with zero attached hydrogens (tertiary/aromatic N) is 2. The molecule has 2 aromatic rings. The Kier molecular flexibility index (Phi) is 2.88. The summed E-state index contributed by atoms with van der Waals surface area (Å²) < 4.78 is 2.91. The van der Waals surface area contributed by atoms with Crippen LogP contribution in [0.4, 0.5) is 0 Å². The summed E-state index contributed by atoms with van der Waals surface area (Å²) >= 11 is 3.46. The zero-order valence-corrected chi connectivity index (χ0v) is 10.0. The Morgan fingerprint density at radius 3 is 2.93 bits per heavy atom. The number of nitrogens with two attached hydrogens (primary N) is 1. The monoisotopic (exact) mass is 265 g/mol. The van der Waals surface area contributed by atoms with E-state index in [1.807, 2.05) is 30.1 Å². The minimum atomic E-state index is 0.510. The van der Waals surface area contributed by atoms with Gasteiger partial charge < -0.3 is 5.73 Å². The summed E-state index contributed by atoms with van der Waals surface area (Å²) in [6.45, 7) is 0.510. The molecule has 0 spiro atoms. The Balaban J connectivity index is 2.57. The number of halogens is 1. The van der Waals surface area contributed by atoms with Gasteiger partial charge in [-0.15, -0.1) is 0 Å². The lowest BCUT2D eigenvalue weighted by atomic mass is 10.1. The molecule has 1 heterocycles. The van der Waals surface area contributed by atoms with Crippen molar-refractivity contribution in [2.45, 2.75) is 6.54 Å². The Hall–Kier alpha value is -1.13. The van der Waals surface area contributed by atoms with E-state index in [2.05, 4.69) is 33.2 Å². The van der Waals surface area contributed by atoms with E-state index in [9.17, 15) is 0 Å². The number of benzene rings is 1. The third-order valence-electron chi connectivity index (χ3n) is 2.33. The second-order valence-electron chi connectivity index (χ2n) is 3.36. The smallest absolute Gasteiger partial charge is 0.0724 e. The molecule has 1 aromatic heterocycles. The van der Waals surface area contributed by atoms with Gasteiger partial charge in [0.1, 0.15) is 0 Å². The fourth-order valence-electron chi connectivity index (χ4n) is 1.64. The van der Waals surface area contributed by atoms with Crippen LogP contribution in [0.25, 0.3) is 11.3 Å². The summed E-state index contributed by atoms with van der Waals surface area (Å²) in [5.74, 6) is 0. The van der Waals surface area contributed by atoms with Crippen LogP contribution in [0.1, 0.15) is 5.56 Å². The van der Waals surface area contributed by atoms with Gasteiger partial charge in [0, 0.05) is 29.2 Å². The van der Waals surface area contributed by atoms with Crippen LogP contribution in [-0.4, -0.2) is 9.78 Å². The first-order valence-corrected chi connectivity index (χ1v) is 5.48. The maximum Gasteiger partial charge on any atom is 0.0724 e. The largest absolute Gasteiger partial charge is 0.326 e. The van der Waals surface area contributed by atoms with Gasteiger partial charge in [0.25, 0.3) is 0 Å². The molecule has 0 radical (unpaired) electrons. The molecule has 3 nitrogen and oxygen atoms in total. The molecule has 1 aromatic carbocycles. The average Bonchev–Trinajstić information content (AvgIpc) is 2.59. The molecule has 2 N–H and O–H groups in total. The summed E-state index contributed by atoms with van der Waals surface area (Å²) in [7, 11) is 1.93. The molecule has 0 saturated heterocycles. The van der Waals surface area contributed by atoms with Gasteiger partial charge in [0.15, 0.2) is 0 Å². The van der Waals surface area contributed by atoms with Crippen molar-refractivity contribution in [2.75, 3.05) is 0 Å². The van der Waals surface area contributed by atoms with Gasteiger partial charge in [-0.25, -0.2) is 0 Å². The lowest BCUT2D eigenvalue weighted by Gasteiger charge is -2.05. The van der Waals surface area contributed by atoms with E-state index in [1.54, 1.807) is 0 Å². The molecule has 0 aliphatic heterocycles. The molecule has 0 atom stereocenters. The molecule has 0 bridgehead atoms. The molecule has 2 rings (SSSR count). The first-order valence-electron chi connectivity index (χ1n) is 4.69. The van der Waals surface area contributed by atoms with E-state index in [1.165, 1.54) is 0 Å². The van der Waals surface area contributed by atoms with E-state index in [0.29, 0.717) is 6.54 Å². The molecular weight excluding hydrogens is 254 g/mol. The zero-order valence-electron chi connectivity index (χ0n) is 8.44. The SMILES string of the molecule is Cn1ncc(CN)c1-c1cccc(Br)c1. The Morgan fingerprint density at radius 2 is 2.27 bits per heavy atom. The highest BCUT2D eigenvalue weighted by atomic mass is 79.9. The third kappa shape index (κ3) is 1.96. The van der Waals surface area contributed by atoms with Crippen LogP contribution in [0.5, 0.6) is 0 Å². The number of aryl methyl sites for hydroxylation is 1. The molecule has 0 fully saturated rings. The van der Waals surface area contributed by atoms with E-state index >= 15 is 0 Å². The highest BCUT2D eigenvalue weighted by Crippen LogP contribution is 2.25. The first kappa shape index (κ1) is 10.4. The predicted octanol–water partition coefficient (Wildman–Crippen LogP) is 2.31. The fourth-order valence-corrected chi connectivity index (χ4v) is 2.04. The van der Waals surface area contributed by atoms with Crippen molar-refractivity contribution in [3.05, 3.63) is 40.5 Å². The molecular formula is C11H12BrN3. The molecule has 15 heavy (non-hydrogen) atoms. The van der Waals surface area contributed by atoms with E-state index < -0.39 is 0 Å². The summed E-state index contributed by atoms with van der Waals surface area (Å²) in [4.78, 5) is 0. The van der Waals surface area contributed by atoms with Crippen molar-refractivity contribution in [1.82, 2.24) is 9.78 Å². The van der Waals surface area contributed by atoms with Crippen molar-refractivity contribution < 1.29 is 0 Å². The zero-order chi connectivity index (χ0) is 10.8. The minimum Gasteiger partial charge on any atom is -0.326 e. The fraction of sp³-hybridized carbons (Fsp3) is 0.182. The van der Waals surface area contributed by atoms with Gasteiger partial charge in [0.05, 0.1) is 11.9 Å². The van der Waals surface area contributed by atoms with Gasteiger partial charge in [-0.1, -0.05) is 28.1 Å². The lowest BCUT2D eigenvalue weighted by molar-refractivity contribution is 0.775.